The summed E-state index contributed by atoms with van der Waals surface area (Å²) in [5.41, 5.74) is 0.425. The Labute approximate surface area is 208 Å². The van der Waals surface area contributed by atoms with Crippen LogP contribution in [0.5, 0.6) is 0 Å². The van der Waals surface area contributed by atoms with Crippen molar-refractivity contribution in [3.05, 3.63) is 0 Å². The number of carboxylic acid groups (broad SMARTS) is 1. The van der Waals surface area contributed by atoms with E-state index in [9.17, 15) is 30.3 Å². The van der Waals surface area contributed by atoms with Crippen LogP contribution < -0.4 is 0 Å². The Hall–Kier alpha value is -0.770. The summed E-state index contributed by atoms with van der Waals surface area (Å²) in [6.07, 6.45) is 1.69. The summed E-state index contributed by atoms with van der Waals surface area (Å²) < 4.78 is 11.5. The van der Waals surface area contributed by atoms with Gasteiger partial charge in [0.1, 0.15) is 18.3 Å². The van der Waals surface area contributed by atoms with Gasteiger partial charge >= 0.3 is 5.97 Å². The highest BCUT2D eigenvalue weighted by Crippen LogP contribution is 2.68. The molecule has 8 heteroatoms. The fraction of sp³-hybridized carbons (Fsp3) is 0.963. The van der Waals surface area contributed by atoms with Crippen LogP contribution in [0, 0.1) is 40.4 Å². The number of carboxylic acids is 1. The molecule has 0 bridgehead atoms. The lowest BCUT2D eigenvalue weighted by Crippen LogP contribution is -2.61. The molecule has 0 aromatic carbocycles. The molecule has 14 atom stereocenters. The second-order valence-corrected chi connectivity index (χ2v) is 12.9. The predicted octanol–water partition coefficient (Wildman–Crippen LogP) is 2.30. The van der Waals surface area contributed by atoms with E-state index in [1.54, 1.807) is 0 Å². The fourth-order valence-corrected chi connectivity index (χ4v) is 9.52. The highest BCUT2D eigenvalue weighted by atomic mass is 16.7. The van der Waals surface area contributed by atoms with Crippen LogP contribution in [0.4, 0.5) is 0 Å². The molecule has 1 aliphatic heterocycles. The maximum Gasteiger partial charge on any atom is 0.335 e. The molecule has 1 heterocycles. The van der Waals surface area contributed by atoms with Crippen molar-refractivity contribution in [2.45, 2.75) is 121 Å². The first-order valence-electron chi connectivity index (χ1n) is 13.7. The average molecular weight is 497 g/mol. The van der Waals surface area contributed by atoms with E-state index in [4.69, 9.17) is 9.47 Å². The topological polar surface area (TPSA) is 137 Å². The molecule has 0 aromatic heterocycles. The second-order valence-electron chi connectivity index (χ2n) is 12.9. The lowest BCUT2D eigenvalue weighted by Gasteiger charge is -2.61. The molecule has 4 saturated carbocycles. The van der Waals surface area contributed by atoms with E-state index in [0.29, 0.717) is 29.1 Å². The van der Waals surface area contributed by atoms with Gasteiger partial charge in [-0.25, -0.2) is 4.79 Å². The van der Waals surface area contributed by atoms with Crippen molar-refractivity contribution in [1.29, 1.82) is 0 Å². The van der Waals surface area contributed by atoms with E-state index >= 15 is 0 Å². The third kappa shape index (κ3) is 4.07. The van der Waals surface area contributed by atoms with Crippen molar-refractivity contribution in [3.8, 4) is 0 Å². The van der Waals surface area contributed by atoms with Crippen LogP contribution in [0.1, 0.15) is 78.6 Å². The Balaban J connectivity index is 1.29. The van der Waals surface area contributed by atoms with Crippen molar-refractivity contribution < 1.29 is 39.8 Å². The molecule has 4 aliphatic carbocycles. The SMILES string of the molecule is CC(OC1OC(C(=O)O)C(O)C(O)C1O)[C@H]1CCC2C3CCC4CC(O)CC[C@]4(C)C3CC[C@@]21C. The Bertz CT molecular complexity index is 806. The lowest BCUT2D eigenvalue weighted by molar-refractivity contribution is -0.309. The van der Waals surface area contributed by atoms with Crippen molar-refractivity contribution in [2.24, 2.45) is 40.4 Å². The zero-order valence-electron chi connectivity index (χ0n) is 21.3. The zero-order chi connectivity index (χ0) is 25.3. The summed E-state index contributed by atoms with van der Waals surface area (Å²) in [6, 6.07) is 0. The normalized spacial score (nSPS) is 54.9. The van der Waals surface area contributed by atoms with E-state index < -0.39 is 36.7 Å². The van der Waals surface area contributed by atoms with Crippen molar-refractivity contribution in [1.82, 2.24) is 0 Å². The number of ether oxygens (including phenoxy) is 2. The molecule has 11 unspecified atom stereocenters. The Morgan fingerprint density at radius 3 is 2.29 bits per heavy atom. The third-order valence-electron chi connectivity index (χ3n) is 11.4. The third-order valence-corrected chi connectivity index (χ3v) is 11.4. The minimum atomic E-state index is -1.71. The van der Waals surface area contributed by atoms with Gasteiger partial charge in [0.2, 0.25) is 0 Å². The van der Waals surface area contributed by atoms with Crippen LogP contribution in [0.15, 0.2) is 0 Å². The summed E-state index contributed by atoms with van der Waals surface area (Å²) in [5, 5.41) is 50.2. The van der Waals surface area contributed by atoms with Gasteiger partial charge in [0, 0.05) is 0 Å². The molecule has 0 amide bonds. The Morgan fingerprint density at radius 2 is 1.57 bits per heavy atom. The standard InChI is InChI=1S/C27H44O8/c1-13(34-25-22(31)20(29)21(30)23(35-25)24(32)33)17-6-7-18-16-5-4-14-12-15(28)8-10-26(14,2)19(16)9-11-27(17,18)3/h13-23,25,28-31H,4-12H2,1-3H3,(H,32,33)/t13?,14?,15?,16?,17-,18?,19?,20?,21?,22?,23?,25?,26+,27-/m1/s1. The molecular weight excluding hydrogens is 452 g/mol. The monoisotopic (exact) mass is 496 g/mol. The average Bonchev–Trinajstić information content (AvgIpc) is 3.17. The van der Waals surface area contributed by atoms with E-state index in [1.807, 2.05) is 6.92 Å². The van der Waals surface area contributed by atoms with Gasteiger partial charge in [-0.1, -0.05) is 13.8 Å². The van der Waals surface area contributed by atoms with E-state index in [2.05, 4.69) is 13.8 Å². The van der Waals surface area contributed by atoms with Crippen molar-refractivity contribution >= 4 is 5.97 Å². The largest absolute Gasteiger partial charge is 0.479 e. The van der Waals surface area contributed by atoms with Crippen LogP contribution in [-0.2, 0) is 14.3 Å². The lowest BCUT2D eigenvalue weighted by atomic mass is 9.44. The second kappa shape index (κ2) is 9.21. The summed E-state index contributed by atoms with van der Waals surface area (Å²) in [4.78, 5) is 11.5. The highest BCUT2D eigenvalue weighted by molar-refractivity contribution is 5.73. The van der Waals surface area contributed by atoms with Crippen LogP contribution in [0.25, 0.3) is 0 Å². The van der Waals surface area contributed by atoms with Gasteiger partial charge in [0.25, 0.3) is 0 Å². The van der Waals surface area contributed by atoms with Crippen molar-refractivity contribution in [2.75, 3.05) is 0 Å². The number of aliphatic carboxylic acids is 1. The minimum Gasteiger partial charge on any atom is -0.479 e. The summed E-state index contributed by atoms with van der Waals surface area (Å²) >= 11 is 0. The minimum absolute atomic E-state index is 0.0991. The molecule has 5 N–H and O–H groups in total. The van der Waals surface area contributed by atoms with Gasteiger partial charge in [0.15, 0.2) is 12.4 Å². The number of carbonyl (C=O) groups is 1. The summed E-state index contributed by atoms with van der Waals surface area (Å²) in [7, 11) is 0. The zero-order valence-corrected chi connectivity index (χ0v) is 21.3. The molecule has 0 aromatic rings. The van der Waals surface area contributed by atoms with Gasteiger partial charge in [-0.2, -0.15) is 0 Å². The molecule has 0 spiro atoms. The van der Waals surface area contributed by atoms with E-state index in [-0.39, 0.29) is 23.5 Å². The molecule has 1 saturated heterocycles. The number of aliphatic hydroxyl groups excluding tert-OH is 4. The van der Waals surface area contributed by atoms with Gasteiger partial charge in [-0.05, 0) is 105 Å². The molecule has 5 rings (SSSR count). The maximum absolute atomic E-state index is 11.5. The number of fused-ring (bicyclic) bond motifs is 5. The molecule has 200 valence electrons. The fourth-order valence-electron chi connectivity index (χ4n) is 9.52. The maximum atomic E-state index is 11.5. The predicted molar refractivity (Wildman–Crippen MR) is 126 cm³/mol. The van der Waals surface area contributed by atoms with Crippen LogP contribution in [-0.4, -0.2) is 74.4 Å². The highest BCUT2D eigenvalue weighted by Gasteiger charge is 2.61. The van der Waals surface area contributed by atoms with Crippen molar-refractivity contribution in [3.63, 3.8) is 0 Å². The summed E-state index contributed by atoms with van der Waals surface area (Å²) in [5.74, 6) is 1.49. The van der Waals surface area contributed by atoms with E-state index in [0.717, 1.165) is 38.5 Å². The molecule has 8 nitrogen and oxygen atoms in total. The molecule has 5 fully saturated rings. The quantitative estimate of drug-likeness (QED) is 0.400. The van der Waals surface area contributed by atoms with Gasteiger partial charge in [0.05, 0.1) is 12.2 Å². The van der Waals surface area contributed by atoms with Crippen LogP contribution in [0.2, 0.25) is 0 Å². The molecule has 5 aliphatic rings. The molecule has 0 radical (unpaired) electrons. The van der Waals surface area contributed by atoms with E-state index in [1.165, 1.54) is 19.3 Å². The number of aliphatic hydroxyl groups is 4. The Morgan fingerprint density at radius 1 is 0.886 bits per heavy atom. The van der Waals surface area contributed by atoms with Gasteiger partial charge in [-0.3, -0.25) is 0 Å². The first-order chi connectivity index (χ1) is 16.5. The summed E-state index contributed by atoms with van der Waals surface area (Å²) in [6.45, 7) is 6.84. The van der Waals surface area contributed by atoms with Gasteiger partial charge in [-0.15, -0.1) is 0 Å². The van der Waals surface area contributed by atoms with Gasteiger partial charge < -0.3 is 35.0 Å². The number of hydrogen-bond acceptors (Lipinski definition) is 7. The first kappa shape index (κ1) is 25.9. The number of rotatable bonds is 4. The first-order valence-corrected chi connectivity index (χ1v) is 13.7. The van der Waals surface area contributed by atoms with Crippen LogP contribution >= 0.6 is 0 Å². The van der Waals surface area contributed by atoms with Crippen LogP contribution in [0.3, 0.4) is 0 Å². The number of hydrogen-bond donors (Lipinski definition) is 5. The Kier molecular flexibility index (Phi) is 6.80. The smallest absolute Gasteiger partial charge is 0.335 e. The molecular formula is C27H44O8. The molecule has 35 heavy (non-hydrogen) atoms.